The van der Waals surface area contributed by atoms with E-state index in [1.54, 1.807) is 29.4 Å². The average Bonchev–Trinajstić information content (AvgIpc) is 2.48. The first-order valence-corrected chi connectivity index (χ1v) is 8.68. The number of nitrogens with one attached hydrogen (secondary N) is 1. The summed E-state index contributed by atoms with van der Waals surface area (Å²) in [7, 11) is -3.52. The minimum absolute atomic E-state index is 0.00351. The molecular formula is C15H21N3O2S. The van der Waals surface area contributed by atoms with Gasteiger partial charge >= 0.3 is 0 Å². The molecule has 0 aromatic heterocycles. The highest BCUT2D eigenvalue weighted by molar-refractivity contribution is 7.89. The second kappa shape index (κ2) is 6.56. The Morgan fingerprint density at radius 2 is 2.24 bits per heavy atom. The minimum Gasteiger partial charge on any atom is -0.315 e. The van der Waals surface area contributed by atoms with Crippen LogP contribution < -0.4 is 5.32 Å². The Balaban J connectivity index is 2.37. The molecule has 1 fully saturated rings. The van der Waals surface area contributed by atoms with Gasteiger partial charge in [0, 0.05) is 19.1 Å². The molecule has 0 radical (unpaired) electrons. The highest BCUT2D eigenvalue weighted by Gasteiger charge is 2.31. The van der Waals surface area contributed by atoms with Crippen LogP contribution in [-0.4, -0.2) is 38.4 Å². The van der Waals surface area contributed by atoms with E-state index in [9.17, 15) is 8.42 Å². The fourth-order valence-corrected chi connectivity index (χ4v) is 4.71. The molecule has 114 valence electrons. The van der Waals surface area contributed by atoms with E-state index in [1.165, 1.54) is 0 Å². The molecule has 1 aromatic carbocycles. The molecule has 1 aliphatic rings. The van der Waals surface area contributed by atoms with E-state index >= 15 is 0 Å². The van der Waals surface area contributed by atoms with Crippen molar-refractivity contribution in [2.24, 2.45) is 0 Å². The summed E-state index contributed by atoms with van der Waals surface area (Å²) in [5.74, 6) is 0. The number of sulfonamides is 1. The predicted octanol–water partition coefficient (Wildman–Crippen LogP) is 1.63. The van der Waals surface area contributed by atoms with Crippen LogP contribution in [0.4, 0.5) is 0 Å². The number of benzene rings is 1. The molecule has 0 aliphatic carbocycles. The molecule has 1 N–H and O–H groups in total. The quantitative estimate of drug-likeness (QED) is 0.917. The number of aryl methyl sites for hydroxylation is 1. The van der Waals surface area contributed by atoms with Crippen LogP contribution in [0, 0.1) is 18.3 Å². The summed E-state index contributed by atoms with van der Waals surface area (Å²) in [6.45, 7) is 5.70. The molecule has 1 saturated heterocycles. The van der Waals surface area contributed by atoms with Gasteiger partial charge in [-0.3, -0.25) is 0 Å². The molecule has 1 aromatic rings. The van der Waals surface area contributed by atoms with Gasteiger partial charge in [-0.2, -0.15) is 9.57 Å². The zero-order chi connectivity index (χ0) is 15.5. The average molecular weight is 307 g/mol. The maximum absolute atomic E-state index is 12.9. The van der Waals surface area contributed by atoms with E-state index < -0.39 is 10.0 Å². The third-order valence-corrected chi connectivity index (χ3v) is 6.07. The maximum Gasteiger partial charge on any atom is 0.243 e. The number of hydrogen-bond acceptors (Lipinski definition) is 4. The number of nitriles is 1. The van der Waals surface area contributed by atoms with Crippen molar-refractivity contribution in [1.82, 2.24) is 9.62 Å². The van der Waals surface area contributed by atoms with Gasteiger partial charge in [-0.05, 0) is 50.1 Å². The van der Waals surface area contributed by atoms with Crippen molar-refractivity contribution in [1.29, 1.82) is 5.26 Å². The smallest absolute Gasteiger partial charge is 0.243 e. The summed E-state index contributed by atoms with van der Waals surface area (Å²) in [6, 6.07) is 6.77. The van der Waals surface area contributed by atoms with Crippen molar-refractivity contribution in [3.63, 3.8) is 0 Å². The number of rotatable bonds is 4. The van der Waals surface area contributed by atoms with Crippen LogP contribution in [0.25, 0.3) is 0 Å². The Bertz CT molecular complexity index is 643. The van der Waals surface area contributed by atoms with Gasteiger partial charge in [0.2, 0.25) is 10.0 Å². The normalized spacial score (nSPS) is 19.4. The third-order valence-electron chi connectivity index (χ3n) is 3.88. The first-order chi connectivity index (χ1) is 10.0. The zero-order valence-electron chi connectivity index (χ0n) is 12.5. The Morgan fingerprint density at radius 3 is 2.76 bits per heavy atom. The lowest BCUT2D eigenvalue weighted by molar-refractivity contribution is 0.274. The molecule has 0 spiro atoms. The fraction of sp³-hybridized carbons (Fsp3) is 0.533. The second-order valence-corrected chi connectivity index (χ2v) is 7.16. The van der Waals surface area contributed by atoms with Crippen LogP contribution in [0.15, 0.2) is 23.1 Å². The molecule has 2 rings (SSSR count). The van der Waals surface area contributed by atoms with Gasteiger partial charge in [0.1, 0.15) is 0 Å². The Hall–Kier alpha value is -1.42. The van der Waals surface area contributed by atoms with Gasteiger partial charge < -0.3 is 5.32 Å². The highest BCUT2D eigenvalue weighted by Crippen LogP contribution is 2.24. The molecule has 0 saturated carbocycles. The molecule has 0 amide bonds. The Morgan fingerprint density at radius 1 is 1.48 bits per heavy atom. The van der Waals surface area contributed by atoms with E-state index in [4.69, 9.17) is 5.26 Å². The number of hydrogen-bond donors (Lipinski definition) is 1. The molecule has 1 aliphatic heterocycles. The summed E-state index contributed by atoms with van der Waals surface area (Å²) in [5, 5.41) is 12.2. The first-order valence-electron chi connectivity index (χ1n) is 7.24. The van der Waals surface area contributed by atoms with Crippen molar-refractivity contribution in [2.75, 3.05) is 19.6 Å². The number of piperidine rings is 1. The van der Waals surface area contributed by atoms with E-state index in [1.807, 2.05) is 13.0 Å². The largest absolute Gasteiger partial charge is 0.315 e. The lowest BCUT2D eigenvalue weighted by atomic mass is 10.1. The summed E-state index contributed by atoms with van der Waals surface area (Å²) >= 11 is 0. The molecular weight excluding hydrogens is 286 g/mol. The van der Waals surface area contributed by atoms with Gasteiger partial charge in [-0.1, -0.05) is 6.92 Å². The molecule has 6 heteroatoms. The first kappa shape index (κ1) is 16.0. The predicted molar refractivity (Wildman–Crippen MR) is 81.4 cm³/mol. The summed E-state index contributed by atoms with van der Waals surface area (Å²) in [6.07, 6.45) is 1.87. The van der Waals surface area contributed by atoms with Crippen molar-refractivity contribution >= 4 is 10.0 Å². The van der Waals surface area contributed by atoms with E-state index in [-0.39, 0.29) is 6.04 Å². The monoisotopic (exact) mass is 307 g/mol. The van der Waals surface area contributed by atoms with Gasteiger partial charge in [-0.15, -0.1) is 0 Å². The van der Waals surface area contributed by atoms with Crippen LogP contribution >= 0.6 is 0 Å². The standard InChI is InChI=1S/C15H21N3O2S/c1-3-18(14-5-4-8-17-11-14)21(19,20)15-7-6-13(10-16)9-12(15)2/h6-7,9,14,17H,3-5,8,11H2,1-2H3. The van der Waals surface area contributed by atoms with Crippen molar-refractivity contribution in [2.45, 2.75) is 37.6 Å². The van der Waals surface area contributed by atoms with E-state index in [2.05, 4.69) is 5.32 Å². The maximum atomic E-state index is 12.9. The molecule has 21 heavy (non-hydrogen) atoms. The number of nitrogens with zero attached hydrogens (tertiary/aromatic N) is 2. The van der Waals surface area contributed by atoms with Crippen LogP contribution in [0.3, 0.4) is 0 Å². The molecule has 1 unspecified atom stereocenters. The Kier molecular flexibility index (Phi) is 4.99. The lowest BCUT2D eigenvalue weighted by Gasteiger charge is -2.33. The van der Waals surface area contributed by atoms with Gasteiger partial charge in [0.05, 0.1) is 16.5 Å². The minimum atomic E-state index is -3.52. The highest BCUT2D eigenvalue weighted by atomic mass is 32.2. The summed E-state index contributed by atoms with van der Waals surface area (Å²) in [5.41, 5.74) is 1.10. The third kappa shape index (κ3) is 3.26. The van der Waals surface area contributed by atoms with Crippen molar-refractivity contribution in [3.8, 4) is 6.07 Å². The fourth-order valence-electron chi connectivity index (χ4n) is 2.84. The topological polar surface area (TPSA) is 73.2 Å². The lowest BCUT2D eigenvalue weighted by Crippen LogP contribution is -2.48. The summed E-state index contributed by atoms with van der Waals surface area (Å²) in [4.78, 5) is 0.300. The SMILES string of the molecule is CCN(C1CCCNC1)S(=O)(=O)c1ccc(C#N)cc1C. The van der Waals surface area contributed by atoms with E-state index in [0.29, 0.717) is 29.1 Å². The summed E-state index contributed by atoms with van der Waals surface area (Å²) < 4.78 is 27.4. The van der Waals surface area contributed by atoms with Crippen LogP contribution in [-0.2, 0) is 10.0 Å². The van der Waals surface area contributed by atoms with Gasteiger partial charge in [0.15, 0.2) is 0 Å². The Labute approximate surface area is 126 Å². The molecule has 0 bridgehead atoms. The van der Waals surface area contributed by atoms with Gasteiger partial charge in [-0.25, -0.2) is 8.42 Å². The van der Waals surface area contributed by atoms with Crippen molar-refractivity contribution in [3.05, 3.63) is 29.3 Å². The van der Waals surface area contributed by atoms with Crippen LogP contribution in [0.5, 0.6) is 0 Å². The molecule has 1 heterocycles. The zero-order valence-corrected chi connectivity index (χ0v) is 13.3. The van der Waals surface area contributed by atoms with Crippen LogP contribution in [0.1, 0.15) is 30.9 Å². The van der Waals surface area contributed by atoms with Crippen molar-refractivity contribution < 1.29 is 8.42 Å². The molecule has 1 atom stereocenters. The number of likely N-dealkylation sites (N-methyl/N-ethyl adjacent to an activating group) is 1. The van der Waals surface area contributed by atoms with Gasteiger partial charge in [0.25, 0.3) is 0 Å². The van der Waals surface area contributed by atoms with E-state index in [0.717, 1.165) is 19.4 Å². The van der Waals surface area contributed by atoms with Crippen LogP contribution in [0.2, 0.25) is 0 Å². The molecule has 5 nitrogen and oxygen atoms in total. The second-order valence-electron chi connectivity index (χ2n) is 5.30.